The van der Waals surface area contributed by atoms with Crippen molar-refractivity contribution in [2.75, 3.05) is 51.9 Å². The van der Waals surface area contributed by atoms with Crippen LogP contribution in [0.25, 0.3) is 0 Å². The van der Waals surface area contributed by atoms with Crippen molar-refractivity contribution < 1.29 is 19.0 Å². The average Bonchev–Trinajstić information content (AvgIpc) is 2.78. The Morgan fingerprint density at radius 1 is 1.00 bits per heavy atom. The second kappa shape index (κ2) is 9.87. The molecule has 2 aromatic carbocycles. The van der Waals surface area contributed by atoms with Crippen molar-refractivity contribution in [3.8, 4) is 17.2 Å². The monoisotopic (exact) mass is 396 g/mol. The Balaban J connectivity index is 1.54. The number of ether oxygens (including phenoxy) is 3. The van der Waals surface area contributed by atoms with Gasteiger partial charge in [-0.3, -0.25) is 4.79 Å². The molecule has 1 saturated heterocycles. The Labute approximate surface area is 172 Å². The van der Waals surface area contributed by atoms with Gasteiger partial charge in [0.1, 0.15) is 5.75 Å². The van der Waals surface area contributed by atoms with Gasteiger partial charge < -0.3 is 24.0 Å². The predicted molar refractivity (Wildman–Crippen MR) is 114 cm³/mol. The Morgan fingerprint density at radius 2 is 1.72 bits per heavy atom. The fraction of sp³-hybridized carbons (Fsp3) is 0.348. The summed E-state index contributed by atoms with van der Waals surface area (Å²) in [6.45, 7) is 6.55. The molecule has 0 bridgehead atoms. The molecule has 0 saturated carbocycles. The Hall–Kier alpha value is -3.15. The molecule has 2 aromatic rings. The van der Waals surface area contributed by atoms with E-state index in [-0.39, 0.29) is 12.5 Å². The first kappa shape index (κ1) is 20.6. The number of nitrogens with zero attached hydrogens (tertiary/aromatic N) is 2. The SMILES string of the molecule is C=CCc1ccc(OCC(=O)N2CCN(c3ccccc3OC)CC2)c(OC)c1. The highest BCUT2D eigenvalue weighted by molar-refractivity contribution is 5.78. The molecule has 0 spiro atoms. The van der Waals surface area contributed by atoms with Gasteiger partial charge in [0.25, 0.3) is 5.91 Å². The molecule has 1 aliphatic rings. The van der Waals surface area contributed by atoms with Gasteiger partial charge in [-0.15, -0.1) is 6.58 Å². The molecule has 6 nitrogen and oxygen atoms in total. The van der Waals surface area contributed by atoms with Crippen LogP contribution >= 0.6 is 0 Å². The van der Waals surface area contributed by atoms with E-state index in [1.165, 1.54) is 0 Å². The van der Waals surface area contributed by atoms with Crippen LogP contribution in [0.5, 0.6) is 17.2 Å². The fourth-order valence-electron chi connectivity index (χ4n) is 3.44. The number of carbonyl (C=O) groups is 1. The lowest BCUT2D eigenvalue weighted by Crippen LogP contribution is -2.50. The lowest BCUT2D eigenvalue weighted by atomic mass is 10.1. The second-order valence-electron chi connectivity index (χ2n) is 6.81. The molecule has 0 aliphatic carbocycles. The summed E-state index contributed by atoms with van der Waals surface area (Å²) in [5, 5.41) is 0. The van der Waals surface area contributed by atoms with E-state index in [4.69, 9.17) is 14.2 Å². The number of carbonyl (C=O) groups excluding carboxylic acids is 1. The molecule has 1 aliphatic heterocycles. The summed E-state index contributed by atoms with van der Waals surface area (Å²) in [6.07, 6.45) is 2.59. The molecular formula is C23H28N2O4. The first-order chi connectivity index (χ1) is 14.2. The van der Waals surface area contributed by atoms with E-state index < -0.39 is 0 Å². The number of methoxy groups -OCH3 is 2. The van der Waals surface area contributed by atoms with Crippen LogP contribution in [0, 0.1) is 0 Å². The summed E-state index contributed by atoms with van der Waals surface area (Å²) in [7, 11) is 3.27. The molecule has 6 heteroatoms. The van der Waals surface area contributed by atoms with Crippen LogP contribution in [0.3, 0.4) is 0 Å². The number of allylic oxidation sites excluding steroid dienone is 1. The smallest absolute Gasteiger partial charge is 0.260 e. The van der Waals surface area contributed by atoms with Crippen LogP contribution < -0.4 is 19.1 Å². The van der Waals surface area contributed by atoms with Gasteiger partial charge >= 0.3 is 0 Å². The molecule has 0 aromatic heterocycles. The molecule has 0 N–H and O–H groups in total. The van der Waals surface area contributed by atoms with Crippen LogP contribution in [-0.4, -0.2) is 57.8 Å². The van der Waals surface area contributed by atoms with E-state index in [1.54, 1.807) is 14.2 Å². The Morgan fingerprint density at radius 3 is 2.41 bits per heavy atom. The van der Waals surface area contributed by atoms with Crippen LogP contribution in [0.4, 0.5) is 5.69 Å². The van der Waals surface area contributed by atoms with Crippen molar-refractivity contribution >= 4 is 11.6 Å². The van der Waals surface area contributed by atoms with Crippen LogP contribution in [0.1, 0.15) is 5.56 Å². The van der Waals surface area contributed by atoms with Gasteiger partial charge in [0.15, 0.2) is 18.1 Å². The summed E-state index contributed by atoms with van der Waals surface area (Å²) >= 11 is 0. The van der Waals surface area contributed by atoms with Crippen molar-refractivity contribution in [3.05, 3.63) is 60.7 Å². The van der Waals surface area contributed by atoms with Gasteiger partial charge in [0, 0.05) is 26.2 Å². The molecule has 3 rings (SSSR count). The van der Waals surface area contributed by atoms with E-state index in [1.807, 2.05) is 53.4 Å². The van der Waals surface area contributed by atoms with E-state index >= 15 is 0 Å². The molecule has 0 radical (unpaired) electrons. The number of benzene rings is 2. The number of piperazine rings is 1. The lowest BCUT2D eigenvalue weighted by molar-refractivity contribution is -0.133. The first-order valence-electron chi connectivity index (χ1n) is 9.72. The van der Waals surface area contributed by atoms with E-state index in [0.29, 0.717) is 24.6 Å². The van der Waals surface area contributed by atoms with Gasteiger partial charge in [-0.25, -0.2) is 0 Å². The third-order valence-corrected chi connectivity index (χ3v) is 5.02. The molecule has 1 heterocycles. The summed E-state index contributed by atoms with van der Waals surface area (Å²) < 4.78 is 16.6. The van der Waals surface area contributed by atoms with Gasteiger partial charge in [0.2, 0.25) is 0 Å². The zero-order valence-corrected chi connectivity index (χ0v) is 17.1. The van der Waals surface area contributed by atoms with Gasteiger partial charge in [-0.05, 0) is 36.2 Å². The van der Waals surface area contributed by atoms with Crippen molar-refractivity contribution in [1.29, 1.82) is 0 Å². The maximum Gasteiger partial charge on any atom is 0.260 e. The van der Waals surface area contributed by atoms with E-state index in [0.717, 1.165) is 36.5 Å². The molecule has 0 unspecified atom stereocenters. The quantitative estimate of drug-likeness (QED) is 0.642. The Kier molecular flexibility index (Phi) is 7.00. The fourth-order valence-corrected chi connectivity index (χ4v) is 3.44. The van der Waals surface area contributed by atoms with Gasteiger partial charge in [0.05, 0.1) is 19.9 Å². The maximum absolute atomic E-state index is 12.6. The standard InChI is InChI=1S/C23H28N2O4/c1-4-7-18-10-11-21(22(16-18)28-3)29-17-23(26)25-14-12-24(13-15-25)19-8-5-6-9-20(19)27-2/h4-6,8-11,16H,1,7,12-15,17H2,2-3H3. The number of hydrogen-bond donors (Lipinski definition) is 0. The summed E-state index contributed by atoms with van der Waals surface area (Å²) in [4.78, 5) is 16.7. The van der Waals surface area contributed by atoms with Crippen molar-refractivity contribution in [2.45, 2.75) is 6.42 Å². The molecular weight excluding hydrogens is 368 g/mol. The number of hydrogen-bond acceptors (Lipinski definition) is 5. The zero-order chi connectivity index (χ0) is 20.6. The normalized spacial score (nSPS) is 13.7. The number of rotatable bonds is 8. The third-order valence-electron chi connectivity index (χ3n) is 5.02. The van der Waals surface area contributed by atoms with Crippen molar-refractivity contribution in [2.24, 2.45) is 0 Å². The van der Waals surface area contributed by atoms with Crippen LogP contribution in [0.2, 0.25) is 0 Å². The number of amides is 1. The predicted octanol–water partition coefficient (Wildman–Crippen LogP) is 3.16. The number of anilines is 1. The molecule has 1 fully saturated rings. The van der Waals surface area contributed by atoms with Gasteiger partial charge in [-0.1, -0.05) is 24.3 Å². The topological polar surface area (TPSA) is 51.2 Å². The first-order valence-corrected chi connectivity index (χ1v) is 9.72. The molecule has 0 atom stereocenters. The highest BCUT2D eigenvalue weighted by Crippen LogP contribution is 2.29. The van der Waals surface area contributed by atoms with E-state index in [2.05, 4.69) is 11.5 Å². The zero-order valence-electron chi connectivity index (χ0n) is 17.1. The largest absolute Gasteiger partial charge is 0.495 e. The molecule has 29 heavy (non-hydrogen) atoms. The van der Waals surface area contributed by atoms with Crippen LogP contribution in [-0.2, 0) is 11.2 Å². The minimum atomic E-state index is -0.0260. The molecule has 154 valence electrons. The molecule has 1 amide bonds. The Bertz CT molecular complexity index is 845. The highest BCUT2D eigenvalue weighted by atomic mass is 16.5. The second-order valence-corrected chi connectivity index (χ2v) is 6.81. The maximum atomic E-state index is 12.6. The van der Waals surface area contributed by atoms with Crippen molar-refractivity contribution in [1.82, 2.24) is 4.90 Å². The highest BCUT2D eigenvalue weighted by Gasteiger charge is 2.23. The summed E-state index contributed by atoms with van der Waals surface area (Å²) in [5.41, 5.74) is 2.14. The lowest BCUT2D eigenvalue weighted by Gasteiger charge is -2.36. The summed E-state index contributed by atoms with van der Waals surface area (Å²) in [6, 6.07) is 13.7. The summed E-state index contributed by atoms with van der Waals surface area (Å²) in [5.74, 6) is 2.02. The minimum Gasteiger partial charge on any atom is -0.495 e. The third kappa shape index (κ3) is 5.02. The van der Waals surface area contributed by atoms with Gasteiger partial charge in [-0.2, -0.15) is 0 Å². The van der Waals surface area contributed by atoms with E-state index in [9.17, 15) is 4.79 Å². The number of para-hydroxylation sites is 2. The van der Waals surface area contributed by atoms with Crippen LogP contribution in [0.15, 0.2) is 55.1 Å². The van der Waals surface area contributed by atoms with Crippen molar-refractivity contribution in [3.63, 3.8) is 0 Å². The average molecular weight is 396 g/mol. The minimum absolute atomic E-state index is 0.00811.